The smallest absolute Gasteiger partial charge is 0.275 e. The summed E-state index contributed by atoms with van der Waals surface area (Å²) in [5, 5.41) is 2.84. The molecule has 0 radical (unpaired) electrons. The largest absolute Gasteiger partial charge is 0.489 e. The lowest BCUT2D eigenvalue weighted by Gasteiger charge is -2.15. The molecule has 1 fully saturated rings. The standard InChI is InChI=1S/C22H22N4O2/c27-22(20-14-24-21(15-23-20)26-12-4-5-13-26)25-18-8-10-19(11-9-18)28-16-17-6-2-1-3-7-17/h1-3,6-11,14-15H,4-5,12-13,16H2,(H,25,27). The topological polar surface area (TPSA) is 67.3 Å². The van der Waals surface area contributed by atoms with Gasteiger partial charge in [-0.05, 0) is 42.7 Å². The van der Waals surface area contributed by atoms with Crippen molar-refractivity contribution in [2.75, 3.05) is 23.3 Å². The zero-order valence-electron chi connectivity index (χ0n) is 15.5. The summed E-state index contributed by atoms with van der Waals surface area (Å²) in [7, 11) is 0. The normalized spacial score (nSPS) is 13.4. The van der Waals surface area contributed by atoms with E-state index in [2.05, 4.69) is 20.2 Å². The van der Waals surface area contributed by atoms with Gasteiger partial charge in [0.05, 0.1) is 12.4 Å². The van der Waals surface area contributed by atoms with E-state index in [9.17, 15) is 4.79 Å². The van der Waals surface area contributed by atoms with Gasteiger partial charge in [0.2, 0.25) is 0 Å². The van der Waals surface area contributed by atoms with E-state index >= 15 is 0 Å². The molecule has 0 saturated carbocycles. The number of anilines is 2. The Hall–Kier alpha value is -3.41. The number of hydrogen-bond acceptors (Lipinski definition) is 5. The Morgan fingerprint density at radius 1 is 0.964 bits per heavy atom. The molecule has 0 aliphatic carbocycles. The van der Waals surface area contributed by atoms with Crippen molar-refractivity contribution in [3.63, 3.8) is 0 Å². The first-order chi connectivity index (χ1) is 13.8. The number of rotatable bonds is 6. The molecule has 6 nitrogen and oxygen atoms in total. The Kier molecular flexibility index (Phi) is 5.47. The molecule has 0 unspecified atom stereocenters. The third-order valence-corrected chi connectivity index (χ3v) is 4.66. The van der Waals surface area contributed by atoms with Crippen LogP contribution in [0.25, 0.3) is 0 Å². The molecule has 0 spiro atoms. The maximum Gasteiger partial charge on any atom is 0.275 e. The highest BCUT2D eigenvalue weighted by atomic mass is 16.5. The van der Waals surface area contributed by atoms with Crippen molar-refractivity contribution >= 4 is 17.4 Å². The SMILES string of the molecule is O=C(Nc1ccc(OCc2ccccc2)cc1)c1cnc(N2CCCC2)cn1. The van der Waals surface area contributed by atoms with Crippen molar-refractivity contribution in [1.29, 1.82) is 0 Å². The molecule has 2 heterocycles. The van der Waals surface area contributed by atoms with Crippen molar-refractivity contribution < 1.29 is 9.53 Å². The fraction of sp³-hybridized carbons (Fsp3) is 0.227. The van der Waals surface area contributed by atoms with Gasteiger partial charge in [-0.3, -0.25) is 4.79 Å². The van der Waals surface area contributed by atoms with Crippen LogP contribution >= 0.6 is 0 Å². The maximum atomic E-state index is 12.4. The van der Waals surface area contributed by atoms with Crippen LogP contribution in [0.1, 0.15) is 28.9 Å². The van der Waals surface area contributed by atoms with Gasteiger partial charge in [-0.1, -0.05) is 30.3 Å². The molecule has 1 N–H and O–H groups in total. The molecule has 1 amide bonds. The van der Waals surface area contributed by atoms with Gasteiger partial charge >= 0.3 is 0 Å². The second kappa shape index (κ2) is 8.52. The highest BCUT2D eigenvalue weighted by Gasteiger charge is 2.15. The van der Waals surface area contributed by atoms with Crippen molar-refractivity contribution in [2.45, 2.75) is 19.4 Å². The van der Waals surface area contributed by atoms with Crippen LogP contribution < -0.4 is 15.0 Å². The maximum absolute atomic E-state index is 12.4. The van der Waals surface area contributed by atoms with Crippen LogP contribution in [-0.2, 0) is 6.61 Å². The molecular formula is C22H22N4O2. The molecule has 0 atom stereocenters. The predicted octanol–water partition coefficient (Wildman–Crippen LogP) is 3.91. The van der Waals surface area contributed by atoms with Crippen LogP contribution in [0.5, 0.6) is 5.75 Å². The van der Waals surface area contributed by atoms with Gasteiger partial charge in [-0.15, -0.1) is 0 Å². The first-order valence-corrected chi connectivity index (χ1v) is 9.43. The molecule has 142 valence electrons. The molecule has 1 aliphatic heterocycles. The van der Waals surface area contributed by atoms with E-state index in [1.165, 1.54) is 19.0 Å². The summed E-state index contributed by atoms with van der Waals surface area (Å²) in [6.45, 7) is 2.50. The molecule has 0 bridgehead atoms. The van der Waals surface area contributed by atoms with E-state index in [1.54, 1.807) is 6.20 Å². The fourth-order valence-electron chi connectivity index (χ4n) is 3.12. The Labute approximate surface area is 164 Å². The minimum atomic E-state index is -0.279. The number of aromatic nitrogens is 2. The molecule has 1 aliphatic rings. The minimum Gasteiger partial charge on any atom is -0.489 e. The average Bonchev–Trinajstić information content (AvgIpc) is 3.29. The van der Waals surface area contributed by atoms with Gasteiger partial charge in [0.25, 0.3) is 5.91 Å². The summed E-state index contributed by atoms with van der Waals surface area (Å²) in [6, 6.07) is 17.3. The van der Waals surface area contributed by atoms with E-state index in [0.717, 1.165) is 30.2 Å². The Morgan fingerprint density at radius 2 is 1.71 bits per heavy atom. The summed E-state index contributed by atoms with van der Waals surface area (Å²) in [4.78, 5) is 23.2. The van der Waals surface area contributed by atoms with Crippen LogP contribution in [0.4, 0.5) is 11.5 Å². The number of carbonyl (C=O) groups is 1. The van der Waals surface area contributed by atoms with Crippen LogP contribution in [-0.4, -0.2) is 29.0 Å². The first-order valence-electron chi connectivity index (χ1n) is 9.43. The predicted molar refractivity (Wildman–Crippen MR) is 109 cm³/mol. The number of hydrogen-bond donors (Lipinski definition) is 1. The van der Waals surface area contributed by atoms with Gasteiger partial charge in [0.1, 0.15) is 23.9 Å². The molecule has 6 heteroatoms. The minimum absolute atomic E-state index is 0.279. The van der Waals surface area contributed by atoms with Crippen LogP contribution in [0.15, 0.2) is 67.0 Å². The average molecular weight is 374 g/mol. The zero-order chi connectivity index (χ0) is 19.2. The summed E-state index contributed by atoms with van der Waals surface area (Å²) >= 11 is 0. The monoisotopic (exact) mass is 374 g/mol. The van der Waals surface area contributed by atoms with Crippen LogP contribution in [0.3, 0.4) is 0 Å². The van der Waals surface area contributed by atoms with Gasteiger partial charge < -0.3 is 15.0 Å². The Bertz CT molecular complexity index is 906. The highest BCUT2D eigenvalue weighted by molar-refractivity contribution is 6.02. The number of benzene rings is 2. The molecule has 4 rings (SSSR count). The molecule has 1 saturated heterocycles. The van der Waals surface area contributed by atoms with Crippen molar-refractivity contribution in [2.24, 2.45) is 0 Å². The lowest BCUT2D eigenvalue weighted by atomic mass is 10.2. The van der Waals surface area contributed by atoms with E-state index in [-0.39, 0.29) is 5.91 Å². The summed E-state index contributed by atoms with van der Waals surface area (Å²) in [6.07, 6.45) is 5.55. The highest BCUT2D eigenvalue weighted by Crippen LogP contribution is 2.19. The Balaban J connectivity index is 1.32. The molecule has 2 aromatic carbocycles. The van der Waals surface area contributed by atoms with E-state index in [0.29, 0.717) is 18.0 Å². The van der Waals surface area contributed by atoms with Crippen molar-refractivity contribution in [3.05, 3.63) is 78.2 Å². The van der Waals surface area contributed by atoms with Crippen molar-refractivity contribution in [1.82, 2.24) is 9.97 Å². The van der Waals surface area contributed by atoms with Gasteiger partial charge in [-0.2, -0.15) is 0 Å². The first kappa shape index (κ1) is 18.0. The third-order valence-electron chi connectivity index (χ3n) is 4.66. The Morgan fingerprint density at radius 3 is 2.39 bits per heavy atom. The van der Waals surface area contributed by atoms with Crippen molar-refractivity contribution in [3.8, 4) is 5.75 Å². The number of carbonyl (C=O) groups excluding carboxylic acids is 1. The number of nitrogens with zero attached hydrogens (tertiary/aromatic N) is 3. The van der Waals surface area contributed by atoms with Gasteiger partial charge in [-0.25, -0.2) is 9.97 Å². The quantitative estimate of drug-likeness (QED) is 0.709. The number of ether oxygens (including phenoxy) is 1. The van der Waals surface area contributed by atoms with E-state index in [4.69, 9.17) is 4.74 Å². The molecule has 1 aromatic heterocycles. The molecular weight excluding hydrogens is 352 g/mol. The van der Waals surface area contributed by atoms with E-state index < -0.39 is 0 Å². The third kappa shape index (κ3) is 4.46. The second-order valence-corrected chi connectivity index (χ2v) is 6.71. The number of nitrogens with one attached hydrogen (secondary N) is 1. The van der Waals surface area contributed by atoms with Gasteiger partial charge in [0.15, 0.2) is 0 Å². The fourth-order valence-corrected chi connectivity index (χ4v) is 3.12. The lowest BCUT2D eigenvalue weighted by molar-refractivity contribution is 0.102. The zero-order valence-corrected chi connectivity index (χ0v) is 15.5. The summed E-state index contributed by atoms with van der Waals surface area (Å²) in [5.74, 6) is 1.30. The molecule has 3 aromatic rings. The van der Waals surface area contributed by atoms with E-state index in [1.807, 2.05) is 54.6 Å². The molecule has 28 heavy (non-hydrogen) atoms. The second-order valence-electron chi connectivity index (χ2n) is 6.71. The summed E-state index contributed by atoms with van der Waals surface area (Å²) in [5.41, 5.74) is 2.09. The summed E-state index contributed by atoms with van der Waals surface area (Å²) < 4.78 is 5.76. The van der Waals surface area contributed by atoms with Crippen LogP contribution in [0.2, 0.25) is 0 Å². The van der Waals surface area contributed by atoms with Gasteiger partial charge in [0, 0.05) is 18.8 Å². The number of amides is 1. The lowest BCUT2D eigenvalue weighted by Crippen LogP contribution is -2.20. The van der Waals surface area contributed by atoms with Crippen LogP contribution in [0, 0.1) is 0 Å².